The molecule has 1 fully saturated rings. The highest BCUT2D eigenvalue weighted by molar-refractivity contribution is 6.50. The van der Waals surface area contributed by atoms with E-state index in [1.54, 1.807) is 24.3 Å². The van der Waals surface area contributed by atoms with Gasteiger partial charge in [-0.1, -0.05) is 18.2 Å². The number of aliphatic hydroxyl groups is 1. The molecule has 1 N–H and O–H groups in total. The second-order valence-corrected chi connectivity index (χ2v) is 8.45. The summed E-state index contributed by atoms with van der Waals surface area (Å²) in [6.07, 6.45) is 0.528. The minimum Gasteiger partial charge on any atom is -0.507 e. The molecule has 0 radical (unpaired) electrons. The van der Waals surface area contributed by atoms with Crippen LogP contribution in [-0.4, -0.2) is 66.2 Å². The van der Waals surface area contributed by atoms with Gasteiger partial charge in [-0.15, -0.1) is 0 Å². The maximum absolute atomic E-state index is 14.0. The van der Waals surface area contributed by atoms with Gasteiger partial charge in [-0.3, -0.25) is 14.4 Å². The Labute approximate surface area is 191 Å². The molecule has 0 saturated carbocycles. The maximum atomic E-state index is 14.0. The lowest BCUT2D eigenvalue weighted by atomic mass is 9.82. The first kappa shape index (κ1) is 22.7. The smallest absolute Gasteiger partial charge is 0.296 e. The number of likely N-dealkylation sites (tertiary alicyclic amines) is 1. The van der Waals surface area contributed by atoms with Crippen LogP contribution in [0.4, 0.5) is 10.1 Å². The van der Waals surface area contributed by atoms with E-state index in [0.717, 1.165) is 12.1 Å². The molecule has 4 rings (SSSR count). The molecule has 0 aliphatic carbocycles. The van der Waals surface area contributed by atoms with E-state index in [2.05, 4.69) is 0 Å². The van der Waals surface area contributed by atoms with Gasteiger partial charge >= 0.3 is 0 Å². The van der Waals surface area contributed by atoms with E-state index in [0.29, 0.717) is 30.8 Å². The van der Waals surface area contributed by atoms with Gasteiger partial charge in [0, 0.05) is 24.2 Å². The van der Waals surface area contributed by atoms with Gasteiger partial charge in [0.1, 0.15) is 11.6 Å². The molecule has 0 bridgehead atoms. The fourth-order valence-corrected chi connectivity index (χ4v) is 4.78. The van der Waals surface area contributed by atoms with Crippen LogP contribution in [0.25, 0.3) is 5.76 Å². The summed E-state index contributed by atoms with van der Waals surface area (Å²) in [4.78, 5) is 45.4. The van der Waals surface area contributed by atoms with Crippen LogP contribution in [0.2, 0.25) is 0 Å². The topological polar surface area (TPSA) is 81.2 Å². The van der Waals surface area contributed by atoms with Crippen molar-refractivity contribution in [1.82, 2.24) is 9.80 Å². The van der Waals surface area contributed by atoms with E-state index >= 15 is 0 Å². The fourth-order valence-electron chi connectivity index (χ4n) is 4.78. The third kappa shape index (κ3) is 3.33. The number of para-hydroxylation sites is 1. The number of hydrogen-bond donors (Lipinski definition) is 1. The number of halogens is 1. The van der Waals surface area contributed by atoms with E-state index < -0.39 is 34.7 Å². The summed E-state index contributed by atoms with van der Waals surface area (Å²) in [6.45, 7) is 2.94. The molecular weight excluding hydrogens is 425 g/mol. The Balaban J connectivity index is 1.99. The Morgan fingerprint density at radius 2 is 1.73 bits per heavy atom. The van der Waals surface area contributed by atoms with Gasteiger partial charge < -0.3 is 19.8 Å². The number of hydrogen-bond acceptors (Lipinski definition) is 5. The number of nitrogens with zero attached hydrogens (tertiary/aromatic N) is 3. The van der Waals surface area contributed by atoms with Crippen LogP contribution in [0.15, 0.2) is 54.1 Å². The van der Waals surface area contributed by atoms with Crippen LogP contribution in [0, 0.1) is 5.82 Å². The molecule has 2 heterocycles. The second kappa shape index (κ2) is 8.44. The van der Waals surface area contributed by atoms with Crippen molar-refractivity contribution >= 4 is 29.0 Å². The van der Waals surface area contributed by atoms with Crippen molar-refractivity contribution in [2.45, 2.75) is 18.9 Å². The van der Waals surface area contributed by atoms with Gasteiger partial charge in [-0.05, 0) is 64.3 Å². The number of likely N-dealkylation sites (N-methyl/N-ethyl adjacent to an activating group) is 1. The third-order valence-electron chi connectivity index (χ3n) is 6.23. The van der Waals surface area contributed by atoms with E-state index in [9.17, 15) is 23.9 Å². The normalized spacial score (nSPS) is 21.5. The minimum absolute atomic E-state index is 0.153. The number of rotatable bonds is 6. The number of Topliss-reactive ketones (excluding diaryl/α,β-unsaturated/α-hetero) is 1. The van der Waals surface area contributed by atoms with Crippen molar-refractivity contribution in [3.63, 3.8) is 0 Å². The van der Waals surface area contributed by atoms with Crippen molar-refractivity contribution in [3.8, 4) is 0 Å². The number of carbonyl (C=O) groups is 3. The lowest BCUT2D eigenvalue weighted by Gasteiger charge is -2.34. The van der Waals surface area contributed by atoms with Gasteiger partial charge in [0.05, 0.1) is 11.3 Å². The van der Waals surface area contributed by atoms with Gasteiger partial charge in [0.15, 0.2) is 5.54 Å². The predicted molar refractivity (Wildman–Crippen MR) is 122 cm³/mol. The SMILES string of the molecule is CCN1C(=O)C2(/C(=C(\O)c3ccc(F)cc3)C(=O)C(=O)N2CCCN(C)C)c2ccccc21. The second-order valence-electron chi connectivity index (χ2n) is 8.45. The molecule has 8 heteroatoms. The highest BCUT2D eigenvalue weighted by atomic mass is 19.1. The van der Waals surface area contributed by atoms with Crippen LogP contribution in [-0.2, 0) is 19.9 Å². The molecule has 1 spiro atoms. The van der Waals surface area contributed by atoms with Crippen LogP contribution < -0.4 is 4.90 Å². The average Bonchev–Trinajstić information content (AvgIpc) is 3.17. The number of carbonyl (C=O) groups excluding carboxylic acids is 3. The first-order chi connectivity index (χ1) is 15.7. The molecular formula is C25H26FN3O4. The minimum atomic E-state index is -1.77. The number of amides is 2. The van der Waals surface area contributed by atoms with Crippen LogP contribution in [0.1, 0.15) is 24.5 Å². The standard InChI is InChI=1S/C25H26FN3O4/c1-4-28-19-9-6-5-8-18(19)25(24(28)33)20(21(30)16-10-12-17(26)13-11-16)22(31)23(32)29(25)15-7-14-27(2)3/h5-6,8-13,30H,4,7,14-15H2,1-3H3/b21-20-. The van der Waals surface area contributed by atoms with Crippen molar-refractivity contribution < 1.29 is 23.9 Å². The van der Waals surface area contributed by atoms with E-state index in [4.69, 9.17) is 0 Å². The van der Waals surface area contributed by atoms with E-state index in [1.165, 1.54) is 21.9 Å². The number of benzene rings is 2. The number of ketones is 1. The molecule has 1 unspecified atom stereocenters. The summed E-state index contributed by atoms with van der Waals surface area (Å²) in [5.41, 5.74) is -0.829. The predicted octanol–water partition coefficient (Wildman–Crippen LogP) is 2.72. The molecule has 172 valence electrons. The monoisotopic (exact) mass is 451 g/mol. The van der Waals surface area contributed by atoms with E-state index in [1.807, 2.05) is 25.9 Å². The number of anilines is 1. The Morgan fingerprint density at radius 3 is 2.36 bits per heavy atom. The number of fused-ring (bicyclic) bond motifs is 2. The first-order valence-electron chi connectivity index (χ1n) is 10.9. The molecule has 2 aliphatic heterocycles. The zero-order valence-corrected chi connectivity index (χ0v) is 18.8. The van der Waals surface area contributed by atoms with Crippen LogP contribution in [0.5, 0.6) is 0 Å². The molecule has 2 aliphatic rings. The third-order valence-corrected chi connectivity index (χ3v) is 6.23. The molecule has 2 aromatic rings. The van der Waals surface area contributed by atoms with Gasteiger partial charge in [-0.2, -0.15) is 0 Å². The van der Waals surface area contributed by atoms with Crippen LogP contribution >= 0.6 is 0 Å². The van der Waals surface area contributed by atoms with Gasteiger partial charge in [0.25, 0.3) is 17.6 Å². The van der Waals surface area contributed by atoms with Crippen molar-refractivity contribution in [1.29, 1.82) is 0 Å². The van der Waals surface area contributed by atoms with Gasteiger partial charge in [0.2, 0.25) is 0 Å². The summed E-state index contributed by atoms with van der Waals surface area (Å²) in [5, 5.41) is 11.2. The summed E-state index contributed by atoms with van der Waals surface area (Å²) < 4.78 is 13.5. The highest BCUT2D eigenvalue weighted by Gasteiger charge is 2.66. The molecule has 2 aromatic carbocycles. The lowest BCUT2D eigenvalue weighted by Crippen LogP contribution is -2.52. The maximum Gasteiger partial charge on any atom is 0.296 e. The quantitative estimate of drug-likeness (QED) is 0.415. The largest absolute Gasteiger partial charge is 0.507 e. The first-order valence-corrected chi connectivity index (χ1v) is 10.9. The van der Waals surface area contributed by atoms with Gasteiger partial charge in [-0.25, -0.2) is 4.39 Å². The Hall–Kier alpha value is -3.52. The lowest BCUT2D eigenvalue weighted by molar-refractivity contribution is -0.143. The Morgan fingerprint density at radius 1 is 1.06 bits per heavy atom. The zero-order chi connectivity index (χ0) is 23.9. The molecule has 0 aromatic heterocycles. The fraction of sp³-hybridized carbons (Fsp3) is 0.320. The highest BCUT2D eigenvalue weighted by Crippen LogP contribution is 2.53. The zero-order valence-electron chi connectivity index (χ0n) is 18.8. The Bertz CT molecular complexity index is 1160. The summed E-state index contributed by atoms with van der Waals surface area (Å²) in [6, 6.07) is 11.9. The molecule has 1 atom stereocenters. The molecule has 33 heavy (non-hydrogen) atoms. The van der Waals surface area contributed by atoms with E-state index in [-0.39, 0.29) is 17.7 Å². The molecule has 7 nitrogen and oxygen atoms in total. The van der Waals surface area contributed by atoms with Crippen molar-refractivity contribution in [2.75, 3.05) is 38.6 Å². The van der Waals surface area contributed by atoms with Crippen molar-refractivity contribution in [3.05, 3.63) is 71.0 Å². The van der Waals surface area contributed by atoms with Crippen LogP contribution in [0.3, 0.4) is 0 Å². The average molecular weight is 451 g/mol. The Kier molecular flexibility index (Phi) is 5.80. The molecule has 1 saturated heterocycles. The molecule has 2 amide bonds. The number of aliphatic hydroxyl groups excluding tert-OH is 1. The summed E-state index contributed by atoms with van der Waals surface area (Å²) >= 11 is 0. The summed E-state index contributed by atoms with van der Waals surface area (Å²) in [7, 11) is 3.79. The van der Waals surface area contributed by atoms with Crippen molar-refractivity contribution in [2.24, 2.45) is 0 Å². The summed E-state index contributed by atoms with van der Waals surface area (Å²) in [5.74, 6) is -3.23.